The van der Waals surface area contributed by atoms with Crippen molar-refractivity contribution in [1.29, 1.82) is 0 Å². The van der Waals surface area contributed by atoms with E-state index in [9.17, 15) is 0 Å². The molecule has 0 amide bonds. The molecule has 3 rings (SSSR count). The van der Waals surface area contributed by atoms with E-state index in [0.29, 0.717) is 12.0 Å². The Bertz CT molecular complexity index is 400. The van der Waals surface area contributed by atoms with Crippen LogP contribution in [0.25, 0.3) is 0 Å². The van der Waals surface area contributed by atoms with E-state index in [1.54, 1.807) is 0 Å². The highest BCUT2D eigenvalue weighted by Crippen LogP contribution is 2.39. The topological polar surface area (TPSA) is 21.3 Å². The van der Waals surface area contributed by atoms with Crippen LogP contribution in [0.4, 0.5) is 0 Å². The number of rotatable bonds is 3. The lowest BCUT2D eigenvalue weighted by molar-refractivity contribution is -0.0760. The summed E-state index contributed by atoms with van der Waals surface area (Å²) in [4.78, 5) is 0. The molecule has 0 spiro atoms. The van der Waals surface area contributed by atoms with Gasteiger partial charge in [-0.3, -0.25) is 0 Å². The Kier molecular flexibility index (Phi) is 3.16. The third-order valence-electron chi connectivity index (χ3n) is 4.60. The van der Waals surface area contributed by atoms with Crippen molar-refractivity contribution in [3.63, 3.8) is 0 Å². The number of ether oxygens (including phenoxy) is 1. The van der Waals surface area contributed by atoms with Crippen LogP contribution in [-0.2, 0) is 10.2 Å². The minimum atomic E-state index is 0.242. The van der Waals surface area contributed by atoms with E-state index in [0.717, 1.165) is 19.8 Å². The molecule has 2 aliphatic rings. The van der Waals surface area contributed by atoms with Crippen LogP contribution in [0.5, 0.6) is 0 Å². The van der Waals surface area contributed by atoms with Crippen LogP contribution in [0, 0.1) is 0 Å². The van der Waals surface area contributed by atoms with Crippen molar-refractivity contribution in [1.82, 2.24) is 5.32 Å². The molecule has 0 aliphatic carbocycles. The van der Waals surface area contributed by atoms with Crippen LogP contribution in [0.3, 0.4) is 0 Å². The fourth-order valence-corrected chi connectivity index (χ4v) is 3.25. The van der Waals surface area contributed by atoms with E-state index in [4.69, 9.17) is 4.74 Å². The molecule has 0 radical (unpaired) electrons. The van der Waals surface area contributed by atoms with Gasteiger partial charge in [0.1, 0.15) is 0 Å². The number of nitrogens with one attached hydrogen (secondary N) is 1. The molecule has 0 aromatic heterocycles. The molecule has 1 aromatic carbocycles. The minimum Gasteiger partial charge on any atom is -0.379 e. The molecular formula is C16H23NO. The molecule has 1 N–H and O–H groups in total. The second-order valence-corrected chi connectivity index (χ2v) is 6.07. The van der Waals surface area contributed by atoms with Gasteiger partial charge in [-0.15, -0.1) is 0 Å². The van der Waals surface area contributed by atoms with Crippen LogP contribution < -0.4 is 5.32 Å². The zero-order valence-corrected chi connectivity index (χ0v) is 11.4. The van der Waals surface area contributed by atoms with Crippen LogP contribution in [0.2, 0.25) is 0 Å². The molecule has 2 heteroatoms. The Balaban J connectivity index is 1.87. The zero-order chi connectivity index (χ0) is 12.6. The van der Waals surface area contributed by atoms with Gasteiger partial charge >= 0.3 is 0 Å². The molecule has 1 aromatic rings. The third kappa shape index (κ3) is 1.88. The van der Waals surface area contributed by atoms with Crippen LogP contribution in [0.1, 0.15) is 43.7 Å². The van der Waals surface area contributed by atoms with Gasteiger partial charge in [-0.2, -0.15) is 0 Å². The molecule has 2 fully saturated rings. The van der Waals surface area contributed by atoms with Crippen molar-refractivity contribution in [3.05, 3.63) is 35.4 Å². The van der Waals surface area contributed by atoms with Gasteiger partial charge < -0.3 is 10.1 Å². The normalized spacial score (nSPS) is 26.3. The van der Waals surface area contributed by atoms with E-state index in [-0.39, 0.29) is 5.41 Å². The Morgan fingerprint density at radius 2 is 1.94 bits per heavy atom. The van der Waals surface area contributed by atoms with Gasteiger partial charge in [0.15, 0.2) is 0 Å². The van der Waals surface area contributed by atoms with Crippen LogP contribution in [-0.4, -0.2) is 25.8 Å². The first-order valence-corrected chi connectivity index (χ1v) is 7.14. The maximum atomic E-state index is 5.54. The lowest BCUT2D eigenvalue weighted by atomic mass is 9.71. The summed E-state index contributed by atoms with van der Waals surface area (Å²) in [5, 5.41) is 3.66. The van der Waals surface area contributed by atoms with Crippen LogP contribution in [0.15, 0.2) is 24.3 Å². The van der Waals surface area contributed by atoms with E-state index in [1.807, 2.05) is 0 Å². The Labute approximate surface area is 110 Å². The molecule has 2 heterocycles. The van der Waals surface area contributed by atoms with Crippen molar-refractivity contribution >= 4 is 0 Å². The highest BCUT2D eigenvalue weighted by Gasteiger charge is 2.47. The maximum absolute atomic E-state index is 5.54. The van der Waals surface area contributed by atoms with E-state index in [2.05, 4.69) is 43.4 Å². The van der Waals surface area contributed by atoms with Crippen molar-refractivity contribution < 1.29 is 4.74 Å². The summed E-state index contributed by atoms with van der Waals surface area (Å²) in [6.45, 7) is 7.42. The lowest BCUT2D eigenvalue weighted by Gasteiger charge is -2.46. The molecule has 2 saturated heterocycles. The fourth-order valence-electron chi connectivity index (χ4n) is 3.25. The van der Waals surface area contributed by atoms with Gasteiger partial charge in [0.25, 0.3) is 0 Å². The molecule has 1 atom stereocenters. The maximum Gasteiger partial charge on any atom is 0.0600 e. The smallest absolute Gasteiger partial charge is 0.0600 e. The summed E-state index contributed by atoms with van der Waals surface area (Å²) >= 11 is 0. The SMILES string of the molecule is CC(C)c1ccc(C2(C3CCCN3)COC2)cc1. The summed E-state index contributed by atoms with van der Waals surface area (Å²) in [6, 6.07) is 9.82. The summed E-state index contributed by atoms with van der Waals surface area (Å²) in [7, 11) is 0. The minimum absolute atomic E-state index is 0.242. The highest BCUT2D eigenvalue weighted by molar-refractivity contribution is 5.34. The van der Waals surface area contributed by atoms with Crippen molar-refractivity contribution in [3.8, 4) is 0 Å². The second kappa shape index (κ2) is 4.67. The van der Waals surface area contributed by atoms with E-state index >= 15 is 0 Å². The fraction of sp³-hybridized carbons (Fsp3) is 0.625. The first-order chi connectivity index (χ1) is 8.72. The molecule has 18 heavy (non-hydrogen) atoms. The first kappa shape index (κ1) is 12.2. The predicted molar refractivity (Wildman–Crippen MR) is 74.1 cm³/mol. The van der Waals surface area contributed by atoms with E-state index < -0.39 is 0 Å². The largest absolute Gasteiger partial charge is 0.379 e. The molecular weight excluding hydrogens is 222 g/mol. The van der Waals surface area contributed by atoms with Gasteiger partial charge in [0.2, 0.25) is 0 Å². The molecule has 0 bridgehead atoms. The highest BCUT2D eigenvalue weighted by atomic mass is 16.5. The number of benzene rings is 1. The quantitative estimate of drug-likeness (QED) is 0.884. The van der Waals surface area contributed by atoms with Gasteiger partial charge in [-0.25, -0.2) is 0 Å². The van der Waals surface area contributed by atoms with Gasteiger partial charge in [0.05, 0.1) is 18.6 Å². The summed E-state index contributed by atoms with van der Waals surface area (Å²) in [6.07, 6.45) is 2.59. The molecule has 98 valence electrons. The molecule has 2 aliphatic heterocycles. The van der Waals surface area contributed by atoms with Gasteiger partial charge in [0, 0.05) is 6.04 Å². The summed E-state index contributed by atoms with van der Waals surface area (Å²) in [5.41, 5.74) is 3.12. The van der Waals surface area contributed by atoms with Gasteiger partial charge in [-0.05, 0) is 36.4 Å². The van der Waals surface area contributed by atoms with Crippen molar-refractivity contribution in [2.75, 3.05) is 19.8 Å². The third-order valence-corrected chi connectivity index (χ3v) is 4.60. The zero-order valence-electron chi connectivity index (χ0n) is 11.4. The lowest BCUT2D eigenvalue weighted by Crippen LogP contribution is -2.58. The van der Waals surface area contributed by atoms with Crippen molar-refractivity contribution in [2.24, 2.45) is 0 Å². The van der Waals surface area contributed by atoms with Gasteiger partial charge in [-0.1, -0.05) is 38.1 Å². The van der Waals surface area contributed by atoms with Crippen molar-refractivity contribution in [2.45, 2.75) is 44.1 Å². The average molecular weight is 245 g/mol. The molecule has 2 nitrogen and oxygen atoms in total. The second-order valence-electron chi connectivity index (χ2n) is 6.07. The molecule has 0 saturated carbocycles. The average Bonchev–Trinajstić information content (AvgIpc) is 2.82. The van der Waals surface area contributed by atoms with E-state index in [1.165, 1.54) is 24.0 Å². The summed E-state index contributed by atoms with van der Waals surface area (Å²) in [5.74, 6) is 0.609. The Morgan fingerprint density at radius 3 is 2.39 bits per heavy atom. The first-order valence-electron chi connectivity index (χ1n) is 7.14. The Morgan fingerprint density at radius 1 is 1.22 bits per heavy atom. The predicted octanol–water partition coefficient (Wildman–Crippen LogP) is 2.83. The Hall–Kier alpha value is -0.860. The monoisotopic (exact) mass is 245 g/mol. The molecule has 1 unspecified atom stereocenters. The number of hydrogen-bond donors (Lipinski definition) is 1. The number of hydrogen-bond acceptors (Lipinski definition) is 2. The standard InChI is InChI=1S/C16H23NO/c1-12(2)13-5-7-14(8-6-13)16(10-18-11-16)15-4-3-9-17-15/h5-8,12,15,17H,3-4,9-11H2,1-2H3. The van der Waals surface area contributed by atoms with Crippen LogP contribution >= 0.6 is 0 Å². The summed E-state index contributed by atoms with van der Waals surface area (Å²) < 4.78 is 5.54.